The summed E-state index contributed by atoms with van der Waals surface area (Å²) in [5, 5.41) is 13.5. The molecule has 0 amide bonds. The number of aryl methyl sites for hydroxylation is 2. The highest BCUT2D eigenvalue weighted by Gasteiger charge is 2.17. The van der Waals surface area contributed by atoms with Gasteiger partial charge in [-0.1, -0.05) is 18.2 Å². The molecule has 1 aromatic carbocycles. The summed E-state index contributed by atoms with van der Waals surface area (Å²) in [5.74, 6) is 0. The first kappa shape index (κ1) is 12.9. The van der Waals surface area contributed by atoms with Crippen molar-refractivity contribution in [2.75, 3.05) is 7.05 Å². The third kappa shape index (κ3) is 2.10. The van der Waals surface area contributed by atoms with Crippen LogP contribution in [0.5, 0.6) is 0 Å². The van der Waals surface area contributed by atoms with Gasteiger partial charge in [-0.2, -0.15) is 10.2 Å². The van der Waals surface area contributed by atoms with Gasteiger partial charge in [0.1, 0.15) is 0 Å². The lowest BCUT2D eigenvalue weighted by molar-refractivity contribution is 0.530. The minimum Gasteiger partial charge on any atom is -0.311 e. The molecule has 2 heterocycles. The molecule has 0 saturated carbocycles. The molecule has 3 rings (SSSR count). The number of likely N-dealkylation sites (N-methyl/N-ethyl adjacent to an activating group) is 1. The fraction of sp³-hybridized carbons (Fsp3) is 0.333. The van der Waals surface area contributed by atoms with E-state index in [0.717, 1.165) is 12.1 Å². The van der Waals surface area contributed by atoms with Gasteiger partial charge in [-0.15, -0.1) is 0 Å². The van der Waals surface area contributed by atoms with E-state index in [1.54, 1.807) is 0 Å². The molecule has 2 aromatic heterocycles. The summed E-state index contributed by atoms with van der Waals surface area (Å²) in [4.78, 5) is 0. The zero-order valence-corrected chi connectivity index (χ0v) is 12.0. The van der Waals surface area contributed by atoms with Crippen LogP contribution in [0.25, 0.3) is 10.9 Å². The SMILES string of the molecule is CNC(Cc1nn(C)c2ccccc12)c1ccnn1C. The highest BCUT2D eigenvalue weighted by molar-refractivity contribution is 5.81. The topological polar surface area (TPSA) is 47.7 Å². The predicted molar refractivity (Wildman–Crippen MR) is 79.4 cm³/mol. The maximum atomic E-state index is 4.66. The highest BCUT2D eigenvalue weighted by Crippen LogP contribution is 2.23. The van der Waals surface area contributed by atoms with Crippen molar-refractivity contribution in [3.05, 3.63) is 47.9 Å². The lowest BCUT2D eigenvalue weighted by Crippen LogP contribution is -2.22. The Balaban J connectivity index is 1.98. The van der Waals surface area contributed by atoms with E-state index in [9.17, 15) is 0 Å². The molecule has 5 heteroatoms. The van der Waals surface area contributed by atoms with Gasteiger partial charge in [-0.25, -0.2) is 0 Å². The van der Waals surface area contributed by atoms with Gasteiger partial charge in [0.15, 0.2) is 0 Å². The molecule has 0 saturated heterocycles. The maximum Gasteiger partial charge on any atom is 0.0722 e. The van der Waals surface area contributed by atoms with Crippen LogP contribution in [0.2, 0.25) is 0 Å². The van der Waals surface area contributed by atoms with Gasteiger partial charge >= 0.3 is 0 Å². The summed E-state index contributed by atoms with van der Waals surface area (Å²) in [5.41, 5.74) is 3.45. The van der Waals surface area contributed by atoms with E-state index in [1.165, 1.54) is 16.6 Å². The summed E-state index contributed by atoms with van der Waals surface area (Å²) in [6, 6.07) is 10.6. The molecular formula is C15H19N5. The second kappa shape index (κ2) is 5.09. The first-order valence-corrected chi connectivity index (χ1v) is 6.76. The van der Waals surface area contributed by atoms with E-state index in [4.69, 9.17) is 0 Å². The number of hydrogen-bond donors (Lipinski definition) is 1. The molecule has 3 aromatic rings. The van der Waals surface area contributed by atoms with Gasteiger partial charge in [0.05, 0.1) is 22.9 Å². The van der Waals surface area contributed by atoms with Crippen LogP contribution in [0.3, 0.4) is 0 Å². The quantitative estimate of drug-likeness (QED) is 0.786. The molecule has 0 bridgehead atoms. The Hall–Kier alpha value is -2.14. The lowest BCUT2D eigenvalue weighted by Gasteiger charge is -2.15. The number of hydrogen-bond acceptors (Lipinski definition) is 3. The average Bonchev–Trinajstić information content (AvgIpc) is 3.01. The van der Waals surface area contributed by atoms with Gasteiger partial charge in [0.25, 0.3) is 0 Å². The van der Waals surface area contributed by atoms with Gasteiger partial charge in [0, 0.05) is 32.1 Å². The Bertz CT molecular complexity index is 725. The van der Waals surface area contributed by atoms with Crippen molar-refractivity contribution in [1.29, 1.82) is 0 Å². The fourth-order valence-electron chi connectivity index (χ4n) is 2.71. The Kier molecular flexibility index (Phi) is 3.28. The molecule has 0 radical (unpaired) electrons. The van der Waals surface area contributed by atoms with Crippen LogP contribution in [-0.2, 0) is 20.5 Å². The molecule has 1 unspecified atom stereocenters. The van der Waals surface area contributed by atoms with Gasteiger partial charge in [-0.05, 0) is 19.2 Å². The molecule has 104 valence electrons. The largest absolute Gasteiger partial charge is 0.311 e. The number of fused-ring (bicyclic) bond motifs is 1. The van der Waals surface area contributed by atoms with Gasteiger partial charge in [0.2, 0.25) is 0 Å². The van der Waals surface area contributed by atoms with Crippen LogP contribution < -0.4 is 5.32 Å². The van der Waals surface area contributed by atoms with Crippen molar-refractivity contribution < 1.29 is 0 Å². The minimum atomic E-state index is 0.209. The van der Waals surface area contributed by atoms with Crippen LogP contribution in [0.15, 0.2) is 36.5 Å². The molecular weight excluding hydrogens is 250 g/mol. The summed E-state index contributed by atoms with van der Waals surface area (Å²) in [7, 11) is 5.93. The molecule has 1 N–H and O–H groups in total. The van der Waals surface area contributed by atoms with E-state index in [2.05, 4.69) is 33.7 Å². The Morgan fingerprint density at radius 1 is 1.15 bits per heavy atom. The summed E-state index contributed by atoms with van der Waals surface area (Å²) in [6.45, 7) is 0. The van der Waals surface area contributed by atoms with Crippen molar-refractivity contribution in [3.8, 4) is 0 Å². The molecule has 20 heavy (non-hydrogen) atoms. The van der Waals surface area contributed by atoms with Crippen molar-refractivity contribution in [3.63, 3.8) is 0 Å². The zero-order chi connectivity index (χ0) is 14.1. The lowest BCUT2D eigenvalue weighted by atomic mass is 10.1. The van der Waals surface area contributed by atoms with E-state index in [1.807, 2.05) is 48.8 Å². The highest BCUT2D eigenvalue weighted by atomic mass is 15.3. The first-order valence-electron chi connectivity index (χ1n) is 6.76. The number of benzene rings is 1. The normalized spacial score (nSPS) is 12.9. The van der Waals surface area contributed by atoms with Gasteiger partial charge in [-0.3, -0.25) is 9.36 Å². The van der Waals surface area contributed by atoms with E-state index >= 15 is 0 Å². The van der Waals surface area contributed by atoms with E-state index in [0.29, 0.717) is 0 Å². The summed E-state index contributed by atoms with van der Waals surface area (Å²) >= 11 is 0. The van der Waals surface area contributed by atoms with Crippen LogP contribution in [-0.4, -0.2) is 26.6 Å². The molecule has 0 aliphatic heterocycles. The molecule has 0 aliphatic rings. The molecule has 0 spiro atoms. The van der Waals surface area contributed by atoms with Crippen molar-refractivity contribution >= 4 is 10.9 Å². The van der Waals surface area contributed by atoms with Crippen LogP contribution in [0, 0.1) is 0 Å². The predicted octanol–water partition coefficient (Wildman–Crippen LogP) is 1.81. The Morgan fingerprint density at radius 2 is 1.95 bits per heavy atom. The summed E-state index contributed by atoms with van der Waals surface area (Å²) < 4.78 is 3.85. The summed E-state index contributed by atoms with van der Waals surface area (Å²) in [6.07, 6.45) is 2.67. The number of nitrogens with zero attached hydrogens (tertiary/aromatic N) is 4. The third-order valence-corrected chi connectivity index (χ3v) is 3.80. The number of rotatable bonds is 4. The standard InChI is InChI=1S/C15H19N5/c1-16-13(15-8-9-17-19(15)2)10-12-11-6-4-5-7-14(11)20(3)18-12/h4-9,13,16H,10H2,1-3H3. The Morgan fingerprint density at radius 3 is 2.65 bits per heavy atom. The van der Waals surface area contributed by atoms with Crippen molar-refractivity contribution in [1.82, 2.24) is 24.9 Å². The van der Waals surface area contributed by atoms with Crippen LogP contribution in [0.1, 0.15) is 17.4 Å². The Labute approximate surface area is 118 Å². The zero-order valence-electron chi connectivity index (χ0n) is 12.0. The second-order valence-corrected chi connectivity index (χ2v) is 5.01. The molecule has 5 nitrogen and oxygen atoms in total. The van der Waals surface area contributed by atoms with Crippen LogP contribution >= 0.6 is 0 Å². The smallest absolute Gasteiger partial charge is 0.0722 e. The molecule has 1 atom stereocenters. The number of aromatic nitrogens is 4. The monoisotopic (exact) mass is 269 g/mol. The number of nitrogens with one attached hydrogen (secondary N) is 1. The van der Waals surface area contributed by atoms with E-state index < -0.39 is 0 Å². The van der Waals surface area contributed by atoms with Gasteiger partial charge < -0.3 is 5.32 Å². The third-order valence-electron chi connectivity index (χ3n) is 3.80. The first-order chi connectivity index (χ1) is 9.70. The van der Waals surface area contributed by atoms with Crippen molar-refractivity contribution in [2.45, 2.75) is 12.5 Å². The second-order valence-electron chi connectivity index (χ2n) is 5.01. The fourth-order valence-corrected chi connectivity index (χ4v) is 2.71. The molecule has 0 fully saturated rings. The van der Waals surface area contributed by atoms with E-state index in [-0.39, 0.29) is 6.04 Å². The average molecular weight is 269 g/mol. The minimum absolute atomic E-state index is 0.209. The molecule has 0 aliphatic carbocycles. The van der Waals surface area contributed by atoms with Crippen molar-refractivity contribution in [2.24, 2.45) is 14.1 Å². The van der Waals surface area contributed by atoms with Crippen LogP contribution in [0.4, 0.5) is 0 Å². The number of para-hydroxylation sites is 1. The maximum absolute atomic E-state index is 4.66.